The molecule has 2 aromatic carbocycles. The van der Waals surface area contributed by atoms with Gasteiger partial charge >= 0.3 is 0 Å². The molecule has 2 unspecified atom stereocenters. The van der Waals surface area contributed by atoms with Gasteiger partial charge in [0, 0.05) is 5.39 Å². The number of anilines is 1. The first-order valence-corrected chi connectivity index (χ1v) is 9.91. The van der Waals surface area contributed by atoms with E-state index in [0.717, 1.165) is 22.7 Å². The van der Waals surface area contributed by atoms with Crippen LogP contribution < -0.4 is 11.1 Å². The van der Waals surface area contributed by atoms with Gasteiger partial charge in [0.2, 0.25) is 5.91 Å². The molecule has 0 saturated carbocycles. The third-order valence-electron chi connectivity index (χ3n) is 4.47. The van der Waals surface area contributed by atoms with Crippen LogP contribution in [0.1, 0.15) is 23.0 Å². The van der Waals surface area contributed by atoms with Crippen LogP contribution in [0.2, 0.25) is 10.0 Å². The van der Waals surface area contributed by atoms with Crippen LogP contribution in [0.4, 0.5) is 10.5 Å². The highest BCUT2D eigenvalue weighted by Gasteiger charge is 2.31. The molecule has 1 aliphatic heterocycles. The zero-order valence-corrected chi connectivity index (χ0v) is 16.6. The quantitative estimate of drug-likeness (QED) is 0.526. The Morgan fingerprint density at radius 3 is 2.54 bits per heavy atom. The van der Waals surface area contributed by atoms with E-state index in [-0.39, 0.29) is 26.9 Å². The van der Waals surface area contributed by atoms with Gasteiger partial charge in [-0.2, -0.15) is 0 Å². The monoisotopic (exact) mass is 436 g/mol. The summed E-state index contributed by atoms with van der Waals surface area (Å²) in [6.45, 7) is 0. The summed E-state index contributed by atoms with van der Waals surface area (Å²) in [7, 11) is 0. The molecule has 0 aliphatic carbocycles. The average molecular weight is 437 g/mol. The van der Waals surface area contributed by atoms with Gasteiger partial charge in [-0.3, -0.25) is 14.9 Å². The Bertz CT molecular complexity index is 1090. The maximum atomic E-state index is 11.7. The van der Waals surface area contributed by atoms with Crippen LogP contribution in [0.25, 0.3) is 11.0 Å². The van der Waals surface area contributed by atoms with Gasteiger partial charge in [-0.1, -0.05) is 41.0 Å². The molecule has 1 aromatic heterocycles. The number of imide groups is 1. The highest BCUT2D eigenvalue weighted by atomic mass is 35.5. The summed E-state index contributed by atoms with van der Waals surface area (Å²) < 4.78 is 5.75. The molecule has 28 heavy (non-hydrogen) atoms. The van der Waals surface area contributed by atoms with E-state index in [2.05, 4.69) is 5.32 Å². The lowest BCUT2D eigenvalue weighted by Crippen LogP contribution is -2.25. The number of thioether (sulfide) groups is 1. The number of carbonyl (C=O) groups is 2. The number of fused-ring (bicyclic) bond motifs is 1. The Balaban J connectivity index is 1.61. The molecule has 2 amide bonds. The van der Waals surface area contributed by atoms with Gasteiger partial charge in [0.1, 0.15) is 17.4 Å². The summed E-state index contributed by atoms with van der Waals surface area (Å²) in [5, 5.41) is 13.4. The Morgan fingerprint density at radius 2 is 1.89 bits per heavy atom. The number of carbonyl (C=O) groups excluding carboxylic acids is 2. The predicted octanol–water partition coefficient (Wildman–Crippen LogP) is 4.30. The van der Waals surface area contributed by atoms with Crippen LogP contribution in [0.15, 0.2) is 40.8 Å². The van der Waals surface area contributed by atoms with Crippen LogP contribution in [0.5, 0.6) is 0 Å². The van der Waals surface area contributed by atoms with Gasteiger partial charge in [-0.05, 0) is 47.9 Å². The lowest BCUT2D eigenvalue weighted by molar-refractivity contribution is -0.118. The van der Waals surface area contributed by atoms with E-state index in [9.17, 15) is 14.7 Å². The smallest absolute Gasteiger partial charge is 0.286 e. The maximum absolute atomic E-state index is 11.7. The maximum Gasteiger partial charge on any atom is 0.286 e. The molecule has 4 rings (SSSR count). The molecule has 0 bridgehead atoms. The number of hydrogen-bond donors (Lipinski definition) is 3. The third kappa shape index (κ3) is 3.58. The minimum absolute atomic E-state index is 0.251. The number of benzene rings is 2. The topological polar surface area (TPSA) is 106 Å². The molecule has 3 aromatic rings. The second kappa shape index (κ2) is 7.33. The van der Waals surface area contributed by atoms with Crippen molar-refractivity contribution < 1.29 is 19.1 Å². The first kappa shape index (κ1) is 19.1. The largest absolute Gasteiger partial charge is 0.458 e. The number of amides is 2. The van der Waals surface area contributed by atoms with Crippen molar-refractivity contribution in [1.82, 2.24) is 5.32 Å². The summed E-state index contributed by atoms with van der Waals surface area (Å²) in [6, 6.07) is 10.3. The molecule has 1 saturated heterocycles. The van der Waals surface area contributed by atoms with E-state index < -0.39 is 11.4 Å². The van der Waals surface area contributed by atoms with Gasteiger partial charge in [0.25, 0.3) is 5.24 Å². The van der Waals surface area contributed by atoms with E-state index in [1.165, 1.54) is 0 Å². The standard InChI is InChI=1S/C19H14Cl2N2O4S/c20-11-5-10(6-12(21)16(11)22)17(24)14-7-9-3-8(1-2-13(9)27-14)4-15-18(25)23-19(26)28-15/h1-3,5-7,15,17,24H,4,22H2,(H,23,25,26). The first-order valence-electron chi connectivity index (χ1n) is 8.28. The normalized spacial score (nSPS) is 17.9. The summed E-state index contributed by atoms with van der Waals surface area (Å²) in [5.41, 5.74) is 7.92. The van der Waals surface area contributed by atoms with E-state index in [0.29, 0.717) is 23.3 Å². The van der Waals surface area contributed by atoms with Gasteiger partial charge in [0.15, 0.2) is 0 Å². The number of nitrogens with two attached hydrogens (primary N) is 1. The van der Waals surface area contributed by atoms with Crippen LogP contribution in [-0.2, 0) is 11.2 Å². The molecule has 2 heterocycles. The van der Waals surface area contributed by atoms with Crippen molar-refractivity contribution in [3.05, 3.63) is 63.3 Å². The van der Waals surface area contributed by atoms with Gasteiger partial charge < -0.3 is 15.3 Å². The van der Waals surface area contributed by atoms with Crippen molar-refractivity contribution in [1.29, 1.82) is 0 Å². The average Bonchev–Trinajstić information content (AvgIpc) is 3.21. The fourth-order valence-corrected chi connectivity index (χ4v) is 4.41. The Kier molecular flexibility index (Phi) is 5.01. The third-order valence-corrected chi connectivity index (χ3v) is 6.08. The highest BCUT2D eigenvalue weighted by molar-refractivity contribution is 8.15. The Morgan fingerprint density at radius 1 is 1.18 bits per heavy atom. The molecule has 1 aliphatic rings. The number of halogens is 2. The van der Waals surface area contributed by atoms with Crippen LogP contribution >= 0.6 is 35.0 Å². The molecular formula is C19H14Cl2N2O4S. The molecule has 1 fully saturated rings. The van der Waals surface area contributed by atoms with Gasteiger partial charge in [-0.15, -0.1) is 0 Å². The summed E-state index contributed by atoms with van der Waals surface area (Å²) in [5.74, 6) is 0.0442. The zero-order valence-electron chi connectivity index (χ0n) is 14.2. The van der Waals surface area contributed by atoms with E-state index in [1.54, 1.807) is 24.3 Å². The van der Waals surface area contributed by atoms with Crippen LogP contribution in [0.3, 0.4) is 0 Å². The molecule has 0 spiro atoms. The summed E-state index contributed by atoms with van der Waals surface area (Å²) in [6.07, 6.45) is -0.648. The van der Waals surface area contributed by atoms with Crippen molar-refractivity contribution in [2.45, 2.75) is 17.8 Å². The van der Waals surface area contributed by atoms with Crippen molar-refractivity contribution in [3.63, 3.8) is 0 Å². The van der Waals surface area contributed by atoms with Gasteiger partial charge in [0.05, 0.1) is 21.0 Å². The van der Waals surface area contributed by atoms with Crippen molar-refractivity contribution in [3.8, 4) is 0 Å². The molecule has 4 N–H and O–H groups in total. The fraction of sp³-hybridized carbons (Fsp3) is 0.158. The molecule has 2 atom stereocenters. The number of nitrogens with one attached hydrogen (secondary N) is 1. The van der Waals surface area contributed by atoms with E-state index >= 15 is 0 Å². The molecular weight excluding hydrogens is 423 g/mol. The number of rotatable bonds is 4. The van der Waals surface area contributed by atoms with Gasteiger partial charge in [-0.25, -0.2) is 0 Å². The number of nitrogen functional groups attached to an aromatic ring is 1. The lowest BCUT2D eigenvalue weighted by atomic mass is 10.0. The summed E-state index contributed by atoms with van der Waals surface area (Å²) in [4.78, 5) is 23.1. The minimum Gasteiger partial charge on any atom is -0.458 e. The molecule has 144 valence electrons. The number of furan rings is 1. The molecule has 9 heteroatoms. The number of hydrogen-bond acceptors (Lipinski definition) is 6. The minimum atomic E-state index is -1.07. The number of aliphatic hydroxyl groups excluding tert-OH is 1. The fourth-order valence-electron chi connectivity index (χ4n) is 3.04. The second-order valence-electron chi connectivity index (χ2n) is 6.41. The van der Waals surface area contributed by atoms with E-state index in [1.807, 2.05) is 12.1 Å². The van der Waals surface area contributed by atoms with Crippen LogP contribution in [-0.4, -0.2) is 21.5 Å². The number of aliphatic hydroxyl groups is 1. The Hall–Kier alpha value is -2.19. The lowest BCUT2D eigenvalue weighted by Gasteiger charge is -2.10. The SMILES string of the molecule is Nc1c(Cl)cc(C(O)c2cc3cc(CC4SC(=O)NC4=O)ccc3o2)cc1Cl. The van der Waals surface area contributed by atoms with Crippen molar-refractivity contribution >= 4 is 62.8 Å². The van der Waals surface area contributed by atoms with Crippen molar-refractivity contribution in [2.75, 3.05) is 5.73 Å². The first-order chi connectivity index (χ1) is 13.3. The van der Waals surface area contributed by atoms with Crippen molar-refractivity contribution in [2.24, 2.45) is 0 Å². The zero-order chi connectivity index (χ0) is 20.0. The van der Waals surface area contributed by atoms with E-state index in [4.69, 9.17) is 33.4 Å². The highest BCUT2D eigenvalue weighted by Crippen LogP contribution is 2.35. The molecule has 0 radical (unpaired) electrons. The second-order valence-corrected chi connectivity index (χ2v) is 8.40. The summed E-state index contributed by atoms with van der Waals surface area (Å²) >= 11 is 13.1. The predicted molar refractivity (Wildman–Crippen MR) is 110 cm³/mol. The van der Waals surface area contributed by atoms with Crippen LogP contribution in [0, 0.1) is 0 Å². The molecule has 6 nitrogen and oxygen atoms in total. The Labute approximate surface area is 174 Å².